The molecule has 1 aliphatic carbocycles. The Bertz CT molecular complexity index is 173. The lowest BCUT2D eigenvalue weighted by Gasteiger charge is -2.29. The molecule has 1 heterocycles. The summed E-state index contributed by atoms with van der Waals surface area (Å²) < 4.78 is 0.0260. The number of carbonyl (C=O) groups excluding carboxylic acids is 1. The van der Waals surface area contributed by atoms with Crippen LogP contribution in [0.5, 0.6) is 0 Å². The van der Waals surface area contributed by atoms with Crippen molar-refractivity contribution in [2.45, 2.75) is 29.8 Å². The van der Waals surface area contributed by atoms with Crippen molar-refractivity contribution in [3.63, 3.8) is 0 Å². The first-order chi connectivity index (χ1) is 5.33. The summed E-state index contributed by atoms with van der Waals surface area (Å²) in [6.07, 6.45) is 4.34. The number of thioether (sulfide) groups is 2. The minimum absolute atomic E-state index is 0.0260. The summed E-state index contributed by atoms with van der Waals surface area (Å²) in [6, 6.07) is 0. The summed E-state index contributed by atoms with van der Waals surface area (Å²) >= 11 is 3.77. The first kappa shape index (κ1) is 7.99. The zero-order chi connectivity index (χ0) is 7.73. The van der Waals surface area contributed by atoms with Gasteiger partial charge in [0.15, 0.2) is 5.78 Å². The Morgan fingerprint density at radius 1 is 1.18 bits per heavy atom. The zero-order valence-electron chi connectivity index (χ0n) is 6.47. The minimum Gasteiger partial charge on any atom is -0.297 e. The van der Waals surface area contributed by atoms with Crippen LogP contribution in [0.15, 0.2) is 0 Å². The first-order valence-electron chi connectivity index (χ1n) is 4.15. The second kappa shape index (κ2) is 3.02. The van der Waals surface area contributed by atoms with Crippen LogP contribution in [0, 0.1) is 0 Å². The van der Waals surface area contributed by atoms with E-state index in [4.69, 9.17) is 0 Å². The molecule has 3 heteroatoms. The molecule has 0 N–H and O–H groups in total. The highest BCUT2D eigenvalue weighted by Gasteiger charge is 2.43. The van der Waals surface area contributed by atoms with Gasteiger partial charge in [0.2, 0.25) is 0 Å². The summed E-state index contributed by atoms with van der Waals surface area (Å²) in [5.41, 5.74) is 0. The molecular weight excluding hydrogens is 176 g/mol. The average Bonchev–Trinajstić information content (AvgIpc) is 2.46. The maximum absolute atomic E-state index is 11.6. The fraction of sp³-hybridized carbons (Fsp3) is 0.875. The van der Waals surface area contributed by atoms with Gasteiger partial charge in [-0.15, -0.1) is 23.5 Å². The highest BCUT2D eigenvalue weighted by Crippen LogP contribution is 2.50. The van der Waals surface area contributed by atoms with E-state index in [1.807, 2.05) is 23.5 Å². The van der Waals surface area contributed by atoms with Gasteiger partial charge in [-0.25, -0.2) is 0 Å². The largest absolute Gasteiger partial charge is 0.297 e. The molecule has 62 valence electrons. The quantitative estimate of drug-likeness (QED) is 0.580. The molecule has 1 nitrogen and oxygen atoms in total. The third kappa shape index (κ3) is 1.33. The van der Waals surface area contributed by atoms with Crippen LogP contribution < -0.4 is 0 Å². The molecule has 1 saturated heterocycles. The van der Waals surface area contributed by atoms with E-state index in [2.05, 4.69) is 0 Å². The van der Waals surface area contributed by atoms with Gasteiger partial charge in [-0.1, -0.05) is 6.42 Å². The molecule has 0 aromatic heterocycles. The maximum Gasteiger partial charge on any atom is 0.158 e. The van der Waals surface area contributed by atoms with Crippen LogP contribution in [0.25, 0.3) is 0 Å². The van der Waals surface area contributed by atoms with Crippen molar-refractivity contribution >= 4 is 29.3 Å². The summed E-state index contributed by atoms with van der Waals surface area (Å²) in [4.78, 5) is 11.6. The van der Waals surface area contributed by atoms with Gasteiger partial charge in [-0.3, -0.25) is 4.79 Å². The zero-order valence-corrected chi connectivity index (χ0v) is 8.10. The van der Waals surface area contributed by atoms with Crippen molar-refractivity contribution in [3.05, 3.63) is 0 Å². The minimum atomic E-state index is 0.0260. The molecule has 2 rings (SSSR count). The van der Waals surface area contributed by atoms with Crippen LogP contribution >= 0.6 is 23.5 Å². The molecule has 1 spiro atoms. The standard InChI is InChI=1S/C8H12OS2/c9-7-3-1-2-4-8(7)10-5-6-11-8/h1-6H2. The highest BCUT2D eigenvalue weighted by molar-refractivity contribution is 8.22. The monoisotopic (exact) mass is 188 g/mol. The van der Waals surface area contributed by atoms with E-state index < -0.39 is 0 Å². The van der Waals surface area contributed by atoms with Crippen LogP contribution in [-0.4, -0.2) is 21.4 Å². The van der Waals surface area contributed by atoms with Crippen molar-refractivity contribution in [2.75, 3.05) is 11.5 Å². The number of carbonyl (C=O) groups is 1. The van der Waals surface area contributed by atoms with E-state index in [9.17, 15) is 4.79 Å². The van der Waals surface area contributed by atoms with Gasteiger partial charge in [0.1, 0.15) is 4.08 Å². The molecule has 0 amide bonds. The molecular formula is C8H12OS2. The smallest absolute Gasteiger partial charge is 0.158 e. The molecule has 0 aromatic rings. The Morgan fingerprint density at radius 2 is 1.91 bits per heavy atom. The number of ketones is 1. The van der Waals surface area contributed by atoms with Gasteiger partial charge in [0, 0.05) is 17.9 Å². The molecule has 0 atom stereocenters. The second-order valence-corrected chi connectivity index (χ2v) is 6.13. The molecule has 2 fully saturated rings. The fourth-order valence-corrected chi connectivity index (χ4v) is 5.00. The average molecular weight is 188 g/mol. The van der Waals surface area contributed by atoms with E-state index in [0.717, 1.165) is 19.3 Å². The Balaban J connectivity index is 2.13. The van der Waals surface area contributed by atoms with Crippen molar-refractivity contribution < 1.29 is 4.79 Å². The lowest BCUT2D eigenvalue weighted by atomic mass is 9.98. The predicted octanol–water partition coefficient (Wildman–Crippen LogP) is 2.31. The van der Waals surface area contributed by atoms with Gasteiger partial charge in [0.05, 0.1) is 0 Å². The lowest BCUT2D eigenvalue weighted by molar-refractivity contribution is -0.120. The number of Topliss-reactive ketones (excluding diaryl/α,β-unsaturated/α-hetero) is 1. The number of rotatable bonds is 0. The maximum atomic E-state index is 11.6. The summed E-state index contributed by atoms with van der Waals surface area (Å²) in [5.74, 6) is 2.86. The van der Waals surface area contributed by atoms with E-state index >= 15 is 0 Å². The van der Waals surface area contributed by atoms with E-state index in [0.29, 0.717) is 5.78 Å². The van der Waals surface area contributed by atoms with Crippen LogP contribution in [0.1, 0.15) is 25.7 Å². The van der Waals surface area contributed by atoms with Crippen LogP contribution in [0.3, 0.4) is 0 Å². The van der Waals surface area contributed by atoms with Crippen LogP contribution in [0.2, 0.25) is 0 Å². The summed E-state index contributed by atoms with van der Waals surface area (Å²) in [5, 5.41) is 0. The summed E-state index contributed by atoms with van der Waals surface area (Å²) in [7, 11) is 0. The third-order valence-corrected chi connectivity index (χ3v) is 5.92. The number of hydrogen-bond donors (Lipinski definition) is 0. The molecule has 0 unspecified atom stereocenters. The summed E-state index contributed by atoms with van der Waals surface area (Å²) in [6.45, 7) is 0. The molecule has 0 aromatic carbocycles. The SMILES string of the molecule is O=C1CCCCC12SCCS2. The van der Waals surface area contributed by atoms with E-state index in [1.54, 1.807) is 0 Å². The van der Waals surface area contributed by atoms with Gasteiger partial charge in [-0.05, 0) is 12.8 Å². The molecule has 2 aliphatic rings. The first-order valence-corrected chi connectivity index (χ1v) is 6.12. The van der Waals surface area contributed by atoms with Crippen LogP contribution in [-0.2, 0) is 4.79 Å². The van der Waals surface area contributed by atoms with Crippen molar-refractivity contribution in [3.8, 4) is 0 Å². The van der Waals surface area contributed by atoms with E-state index in [-0.39, 0.29) is 4.08 Å². The fourth-order valence-electron chi connectivity index (χ4n) is 1.73. The van der Waals surface area contributed by atoms with Crippen LogP contribution in [0.4, 0.5) is 0 Å². The topological polar surface area (TPSA) is 17.1 Å². The van der Waals surface area contributed by atoms with Gasteiger partial charge in [-0.2, -0.15) is 0 Å². The molecule has 1 saturated carbocycles. The van der Waals surface area contributed by atoms with Crippen molar-refractivity contribution in [2.24, 2.45) is 0 Å². The molecule has 1 aliphatic heterocycles. The lowest BCUT2D eigenvalue weighted by Crippen LogP contribution is -2.32. The Hall–Kier alpha value is 0.370. The van der Waals surface area contributed by atoms with Crippen molar-refractivity contribution in [1.29, 1.82) is 0 Å². The normalized spacial score (nSPS) is 29.6. The van der Waals surface area contributed by atoms with Crippen molar-refractivity contribution in [1.82, 2.24) is 0 Å². The van der Waals surface area contributed by atoms with Gasteiger partial charge < -0.3 is 0 Å². The van der Waals surface area contributed by atoms with Gasteiger partial charge >= 0.3 is 0 Å². The Labute approximate surface area is 75.7 Å². The molecule has 11 heavy (non-hydrogen) atoms. The predicted molar refractivity (Wildman–Crippen MR) is 51.1 cm³/mol. The highest BCUT2D eigenvalue weighted by atomic mass is 32.2. The van der Waals surface area contributed by atoms with Gasteiger partial charge in [0.25, 0.3) is 0 Å². The molecule has 0 radical (unpaired) electrons. The second-order valence-electron chi connectivity index (χ2n) is 3.08. The molecule has 0 bridgehead atoms. The number of hydrogen-bond acceptors (Lipinski definition) is 3. The Morgan fingerprint density at radius 3 is 2.55 bits per heavy atom. The van der Waals surface area contributed by atoms with E-state index in [1.165, 1.54) is 17.9 Å². The third-order valence-electron chi connectivity index (χ3n) is 2.34. The Kier molecular flexibility index (Phi) is 2.19.